The van der Waals surface area contributed by atoms with Crippen molar-refractivity contribution in [3.05, 3.63) is 30.1 Å². The van der Waals surface area contributed by atoms with Crippen LogP contribution in [0, 0.1) is 0 Å². The molecule has 11 heavy (non-hydrogen) atoms. The van der Waals surface area contributed by atoms with Crippen molar-refractivity contribution in [3.8, 4) is 0 Å². The van der Waals surface area contributed by atoms with Crippen LogP contribution in [0.4, 0.5) is 0 Å². The number of aromatic nitrogens is 1. The smallest absolute Gasteiger partial charge is 0.550 e. The van der Waals surface area contributed by atoms with E-state index in [0.717, 1.165) is 0 Å². The average Bonchev–Trinajstić information content (AvgIpc) is 1.88. The van der Waals surface area contributed by atoms with E-state index in [0.29, 0.717) is 5.56 Å². The van der Waals surface area contributed by atoms with Gasteiger partial charge in [0.1, 0.15) is 0 Å². The molecule has 0 saturated carbocycles. The predicted octanol–water partition coefficient (Wildman–Crippen LogP) is -3.62. The van der Waals surface area contributed by atoms with Crippen LogP contribution < -0.4 is 34.7 Å². The van der Waals surface area contributed by atoms with E-state index in [1.807, 2.05) is 0 Å². The normalized spacial score (nSPS) is 8.36. The number of hydrogen-bond donors (Lipinski definition) is 0. The van der Waals surface area contributed by atoms with E-state index in [1.54, 1.807) is 18.3 Å². The summed E-state index contributed by atoms with van der Waals surface area (Å²) in [6.07, 6.45) is 3.04. The Morgan fingerprint density at radius 3 is 2.82 bits per heavy atom. The quantitative estimate of drug-likeness (QED) is 0.418. The number of carboxylic acids is 1. The first kappa shape index (κ1) is 10.6. The molecule has 0 aromatic carbocycles. The zero-order valence-corrected chi connectivity index (χ0v) is 8.28. The molecule has 1 aromatic heterocycles. The van der Waals surface area contributed by atoms with Crippen molar-refractivity contribution >= 4 is 5.97 Å². The van der Waals surface area contributed by atoms with Crippen LogP contribution in [0.5, 0.6) is 0 Å². The van der Waals surface area contributed by atoms with Gasteiger partial charge in [-0.15, -0.1) is 0 Å². The third-order valence-corrected chi connectivity index (χ3v) is 1.07. The maximum Gasteiger partial charge on any atom is 1.00 e. The topological polar surface area (TPSA) is 53.0 Å². The molecular formula is C7H6NNaO2. The van der Waals surface area contributed by atoms with E-state index in [9.17, 15) is 9.90 Å². The predicted molar refractivity (Wildman–Crippen MR) is 32.9 cm³/mol. The molecule has 0 spiro atoms. The Kier molecular flexibility index (Phi) is 5.11. The number of aliphatic carboxylic acids is 1. The minimum atomic E-state index is -1.08. The Labute approximate surface area is 86.8 Å². The summed E-state index contributed by atoms with van der Waals surface area (Å²) in [6.45, 7) is 0. The van der Waals surface area contributed by atoms with E-state index in [2.05, 4.69) is 4.98 Å². The largest absolute Gasteiger partial charge is 1.00 e. The number of carbonyl (C=O) groups excluding carboxylic acids is 1. The third kappa shape index (κ3) is 4.14. The van der Waals surface area contributed by atoms with Gasteiger partial charge < -0.3 is 9.90 Å². The molecule has 0 unspecified atom stereocenters. The maximum absolute atomic E-state index is 10.0. The van der Waals surface area contributed by atoms with Gasteiger partial charge in [0.25, 0.3) is 0 Å². The van der Waals surface area contributed by atoms with Gasteiger partial charge in [-0.2, -0.15) is 0 Å². The van der Waals surface area contributed by atoms with Crippen molar-refractivity contribution in [1.82, 2.24) is 4.98 Å². The molecule has 1 rings (SSSR count). The summed E-state index contributed by atoms with van der Waals surface area (Å²) in [5.41, 5.74) is 0.669. The van der Waals surface area contributed by atoms with Crippen molar-refractivity contribution in [1.29, 1.82) is 0 Å². The van der Waals surface area contributed by atoms with E-state index in [4.69, 9.17) is 0 Å². The zero-order chi connectivity index (χ0) is 7.40. The monoisotopic (exact) mass is 159 g/mol. The van der Waals surface area contributed by atoms with Crippen molar-refractivity contribution in [2.45, 2.75) is 6.42 Å². The summed E-state index contributed by atoms with van der Waals surface area (Å²) >= 11 is 0. The molecule has 0 bridgehead atoms. The van der Waals surface area contributed by atoms with E-state index >= 15 is 0 Å². The van der Waals surface area contributed by atoms with E-state index < -0.39 is 5.97 Å². The van der Waals surface area contributed by atoms with Crippen molar-refractivity contribution in [2.75, 3.05) is 0 Å². The standard InChI is InChI=1S/C7H7NO2.Na/c9-7(10)4-6-2-1-3-8-5-6;/h1-3,5H,4H2,(H,9,10);/q;+1/p-1. The molecule has 0 aliphatic rings. The molecule has 0 fully saturated rings. The fraction of sp³-hybridized carbons (Fsp3) is 0.143. The Hall–Kier alpha value is -0.380. The Morgan fingerprint density at radius 2 is 2.36 bits per heavy atom. The van der Waals surface area contributed by atoms with Crippen LogP contribution in [-0.4, -0.2) is 11.0 Å². The fourth-order valence-corrected chi connectivity index (χ4v) is 0.669. The van der Waals surface area contributed by atoms with Crippen LogP contribution in [0.2, 0.25) is 0 Å². The second-order valence-corrected chi connectivity index (χ2v) is 1.91. The first-order valence-corrected chi connectivity index (χ1v) is 2.88. The van der Waals surface area contributed by atoms with Gasteiger partial charge >= 0.3 is 29.6 Å². The maximum atomic E-state index is 10.0. The van der Waals surface area contributed by atoms with Crippen LogP contribution in [0.25, 0.3) is 0 Å². The fourth-order valence-electron chi connectivity index (χ4n) is 0.669. The molecule has 4 heteroatoms. The zero-order valence-electron chi connectivity index (χ0n) is 6.28. The number of pyridine rings is 1. The Bertz CT molecular complexity index is 225. The van der Waals surface area contributed by atoms with Gasteiger partial charge in [0.15, 0.2) is 0 Å². The summed E-state index contributed by atoms with van der Waals surface area (Å²) in [7, 11) is 0. The van der Waals surface area contributed by atoms with Gasteiger partial charge in [-0.25, -0.2) is 0 Å². The number of hydrogen-bond acceptors (Lipinski definition) is 3. The van der Waals surface area contributed by atoms with Crippen LogP contribution in [0.1, 0.15) is 5.56 Å². The molecule has 0 amide bonds. The molecule has 3 nitrogen and oxygen atoms in total. The minimum absolute atomic E-state index is 0. The van der Waals surface area contributed by atoms with Gasteiger partial charge in [-0.3, -0.25) is 4.98 Å². The summed E-state index contributed by atoms with van der Waals surface area (Å²) in [4.78, 5) is 13.8. The Balaban J connectivity index is 0.000001000. The van der Waals surface area contributed by atoms with Gasteiger partial charge in [0, 0.05) is 24.8 Å². The second-order valence-electron chi connectivity index (χ2n) is 1.91. The van der Waals surface area contributed by atoms with E-state index in [1.165, 1.54) is 6.20 Å². The van der Waals surface area contributed by atoms with Gasteiger partial charge in [0.05, 0.1) is 0 Å². The van der Waals surface area contributed by atoms with Gasteiger partial charge in [-0.1, -0.05) is 6.07 Å². The molecular weight excluding hydrogens is 153 g/mol. The number of carbonyl (C=O) groups is 1. The number of rotatable bonds is 2. The van der Waals surface area contributed by atoms with Gasteiger partial charge in [-0.05, 0) is 11.6 Å². The summed E-state index contributed by atoms with van der Waals surface area (Å²) < 4.78 is 0. The van der Waals surface area contributed by atoms with Crippen molar-refractivity contribution < 1.29 is 39.5 Å². The van der Waals surface area contributed by atoms with Crippen LogP contribution in [0.3, 0.4) is 0 Å². The Morgan fingerprint density at radius 1 is 1.64 bits per heavy atom. The SMILES string of the molecule is O=C([O-])Cc1cccnc1.[Na+]. The molecule has 0 aliphatic heterocycles. The first-order valence-electron chi connectivity index (χ1n) is 2.88. The van der Waals surface area contributed by atoms with Gasteiger partial charge in [0.2, 0.25) is 0 Å². The molecule has 0 N–H and O–H groups in total. The van der Waals surface area contributed by atoms with Crippen molar-refractivity contribution in [3.63, 3.8) is 0 Å². The third-order valence-electron chi connectivity index (χ3n) is 1.07. The van der Waals surface area contributed by atoms with Crippen LogP contribution in [0.15, 0.2) is 24.5 Å². The molecule has 52 valence electrons. The number of nitrogens with zero attached hydrogens (tertiary/aromatic N) is 1. The minimum Gasteiger partial charge on any atom is -0.550 e. The summed E-state index contributed by atoms with van der Waals surface area (Å²) in [5, 5.41) is 10.0. The molecule has 0 aliphatic carbocycles. The summed E-state index contributed by atoms with van der Waals surface area (Å²) in [6, 6.07) is 3.39. The second kappa shape index (κ2) is 5.29. The molecule has 1 heterocycles. The molecule has 0 radical (unpaired) electrons. The number of carboxylic acid groups (broad SMARTS) is 1. The van der Waals surface area contributed by atoms with Crippen molar-refractivity contribution in [2.24, 2.45) is 0 Å². The molecule has 1 aromatic rings. The van der Waals surface area contributed by atoms with Crippen LogP contribution in [-0.2, 0) is 11.2 Å². The van der Waals surface area contributed by atoms with Crippen LogP contribution >= 0.6 is 0 Å². The molecule has 0 atom stereocenters. The average molecular weight is 159 g/mol. The molecule has 0 saturated heterocycles. The van der Waals surface area contributed by atoms with E-state index in [-0.39, 0.29) is 36.0 Å². The first-order chi connectivity index (χ1) is 4.79. The summed E-state index contributed by atoms with van der Waals surface area (Å²) in [5.74, 6) is -1.08.